The van der Waals surface area contributed by atoms with E-state index in [1.165, 1.54) is 37.4 Å². The van der Waals surface area contributed by atoms with Crippen molar-refractivity contribution in [2.75, 3.05) is 26.2 Å². The summed E-state index contributed by atoms with van der Waals surface area (Å²) in [5, 5.41) is 3.74. The van der Waals surface area contributed by atoms with Crippen molar-refractivity contribution in [3.05, 3.63) is 21.3 Å². The van der Waals surface area contributed by atoms with Gasteiger partial charge in [0.15, 0.2) is 0 Å². The third-order valence-corrected chi connectivity index (χ3v) is 5.33. The van der Waals surface area contributed by atoms with Gasteiger partial charge in [0.2, 0.25) is 0 Å². The first kappa shape index (κ1) is 12.0. The van der Waals surface area contributed by atoms with Crippen LogP contribution >= 0.6 is 22.9 Å². The van der Waals surface area contributed by atoms with Crippen LogP contribution in [-0.2, 0) is 6.42 Å². The molecular formula is C13H19ClN2S. The molecule has 1 aromatic heterocycles. The Morgan fingerprint density at radius 3 is 3.06 bits per heavy atom. The molecular weight excluding hydrogens is 252 g/mol. The summed E-state index contributed by atoms with van der Waals surface area (Å²) < 4.78 is 0.907. The largest absolute Gasteiger partial charge is 0.313 e. The molecule has 2 saturated heterocycles. The van der Waals surface area contributed by atoms with Gasteiger partial charge in [-0.3, -0.25) is 0 Å². The van der Waals surface area contributed by atoms with Crippen molar-refractivity contribution in [1.29, 1.82) is 0 Å². The molecule has 0 aromatic carbocycles. The van der Waals surface area contributed by atoms with E-state index in [9.17, 15) is 0 Å². The fourth-order valence-electron chi connectivity index (χ4n) is 3.09. The Morgan fingerprint density at radius 2 is 2.24 bits per heavy atom. The predicted molar refractivity (Wildman–Crippen MR) is 74.0 cm³/mol. The SMILES string of the molecule is Clc1ccc(CCNC2CCN3CCC2C3)s1. The quantitative estimate of drug-likeness (QED) is 0.905. The van der Waals surface area contributed by atoms with E-state index < -0.39 is 0 Å². The van der Waals surface area contributed by atoms with Gasteiger partial charge >= 0.3 is 0 Å². The van der Waals surface area contributed by atoms with E-state index in [2.05, 4.69) is 16.3 Å². The number of nitrogens with one attached hydrogen (secondary N) is 1. The Balaban J connectivity index is 1.45. The van der Waals surface area contributed by atoms with Crippen LogP contribution < -0.4 is 5.32 Å². The molecule has 0 spiro atoms. The van der Waals surface area contributed by atoms with Gasteiger partial charge in [0.05, 0.1) is 4.34 Å². The summed E-state index contributed by atoms with van der Waals surface area (Å²) in [6.45, 7) is 5.03. The summed E-state index contributed by atoms with van der Waals surface area (Å²) in [5.74, 6) is 0.899. The molecule has 94 valence electrons. The molecule has 0 saturated carbocycles. The summed E-state index contributed by atoms with van der Waals surface area (Å²) in [4.78, 5) is 3.99. The summed E-state index contributed by atoms with van der Waals surface area (Å²) in [7, 11) is 0. The molecule has 2 aliphatic rings. The Hall–Kier alpha value is -0.0900. The predicted octanol–water partition coefficient (Wildman–Crippen LogP) is 2.63. The average molecular weight is 271 g/mol. The van der Waals surface area contributed by atoms with Crippen LogP contribution in [0.15, 0.2) is 12.1 Å². The number of piperidine rings is 1. The lowest BCUT2D eigenvalue weighted by Gasteiger charge is -2.31. The maximum absolute atomic E-state index is 5.93. The summed E-state index contributed by atoms with van der Waals surface area (Å²) in [6.07, 6.45) is 3.84. The molecule has 2 bridgehead atoms. The molecule has 0 amide bonds. The van der Waals surface area contributed by atoms with Gasteiger partial charge in [0.25, 0.3) is 0 Å². The second-order valence-electron chi connectivity index (χ2n) is 5.15. The molecule has 0 radical (unpaired) electrons. The first-order valence-electron chi connectivity index (χ1n) is 6.51. The smallest absolute Gasteiger partial charge is 0.0931 e. The van der Waals surface area contributed by atoms with Crippen LogP contribution in [0.1, 0.15) is 17.7 Å². The van der Waals surface area contributed by atoms with Crippen LogP contribution in [-0.4, -0.2) is 37.1 Å². The number of thiophene rings is 1. The topological polar surface area (TPSA) is 15.3 Å². The molecule has 2 aliphatic heterocycles. The lowest BCUT2D eigenvalue weighted by atomic mass is 9.94. The number of hydrogen-bond donors (Lipinski definition) is 1. The van der Waals surface area contributed by atoms with Crippen LogP contribution in [0.2, 0.25) is 4.34 Å². The second kappa shape index (κ2) is 5.27. The van der Waals surface area contributed by atoms with Gasteiger partial charge in [0.1, 0.15) is 0 Å². The third-order valence-electron chi connectivity index (χ3n) is 4.04. The van der Waals surface area contributed by atoms with Crippen molar-refractivity contribution >= 4 is 22.9 Å². The fourth-order valence-corrected chi connectivity index (χ4v) is 4.17. The monoisotopic (exact) mass is 270 g/mol. The highest BCUT2D eigenvalue weighted by Crippen LogP contribution is 2.27. The number of hydrogen-bond acceptors (Lipinski definition) is 3. The number of fused-ring (bicyclic) bond motifs is 2. The maximum atomic E-state index is 5.93. The molecule has 0 aliphatic carbocycles. The zero-order valence-corrected chi connectivity index (χ0v) is 11.6. The highest BCUT2D eigenvalue weighted by Gasteiger charge is 2.33. The van der Waals surface area contributed by atoms with Gasteiger partial charge in [-0.15, -0.1) is 11.3 Å². The highest BCUT2D eigenvalue weighted by atomic mass is 35.5. The molecule has 1 N–H and O–H groups in total. The van der Waals surface area contributed by atoms with Gasteiger partial charge in [-0.2, -0.15) is 0 Å². The van der Waals surface area contributed by atoms with E-state index in [0.717, 1.165) is 29.3 Å². The first-order valence-corrected chi connectivity index (χ1v) is 7.70. The van der Waals surface area contributed by atoms with Crippen molar-refractivity contribution in [3.8, 4) is 0 Å². The molecule has 4 heteroatoms. The van der Waals surface area contributed by atoms with Gasteiger partial charge < -0.3 is 10.2 Å². The Labute approximate surface area is 112 Å². The molecule has 2 fully saturated rings. The maximum Gasteiger partial charge on any atom is 0.0931 e. The minimum atomic E-state index is 0.754. The summed E-state index contributed by atoms with van der Waals surface area (Å²) in [6, 6.07) is 4.90. The number of nitrogens with zero attached hydrogens (tertiary/aromatic N) is 1. The van der Waals surface area contributed by atoms with E-state index in [4.69, 9.17) is 11.6 Å². The minimum absolute atomic E-state index is 0.754. The van der Waals surface area contributed by atoms with Crippen LogP contribution in [0, 0.1) is 5.92 Å². The molecule has 3 atom stereocenters. The highest BCUT2D eigenvalue weighted by molar-refractivity contribution is 7.16. The van der Waals surface area contributed by atoms with Gasteiger partial charge in [-0.25, -0.2) is 0 Å². The second-order valence-corrected chi connectivity index (χ2v) is 6.95. The molecule has 1 aromatic rings. The molecule has 3 unspecified atom stereocenters. The van der Waals surface area contributed by atoms with Crippen LogP contribution in [0.25, 0.3) is 0 Å². The van der Waals surface area contributed by atoms with E-state index in [0.29, 0.717) is 0 Å². The number of rotatable bonds is 4. The minimum Gasteiger partial charge on any atom is -0.313 e. The first-order chi connectivity index (χ1) is 8.31. The summed E-state index contributed by atoms with van der Waals surface area (Å²) in [5.41, 5.74) is 0. The van der Waals surface area contributed by atoms with Crippen LogP contribution in [0.4, 0.5) is 0 Å². The lowest BCUT2D eigenvalue weighted by molar-refractivity contribution is 0.222. The Bertz CT molecular complexity index is 379. The number of halogens is 1. The van der Waals surface area contributed by atoms with Gasteiger partial charge in [-0.1, -0.05) is 11.6 Å². The van der Waals surface area contributed by atoms with E-state index in [1.807, 2.05) is 6.07 Å². The zero-order chi connectivity index (χ0) is 11.7. The zero-order valence-electron chi connectivity index (χ0n) is 9.99. The average Bonchev–Trinajstić information content (AvgIpc) is 2.90. The van der Waals surface area contributed by atoms with Crippen molar-refractivity contribution in [2.45, 2.75) is 25.3 Å². The molecule has 3 heterocycles. The van der Waals surface area contributed by atoms with Crippen molar-refractivity contribution in [2.24, 2.45) is 5.92 Å². The fraction of sp³-hybridized carbons (Fsp3) is 0.692. The normalized spacial score (nSPS) is 31.9. The van der Waals surface area contributed by atoms with Crippen molar-refractivity contribution in [1.82, 2.24) is 10.2 Å². The van der Waals surface area contributed by atoms with E-state index in [-0.39, 0.29) is 0 Å². The lowest BCUT2D eigenvalue weighted by Crippen LogP contribution is -2.44. The van der Waals surface area contributed by atoms with Crippen molar-refractivity contribution < 1.29 is 0 Å². The standard InChI is InChI=1S/C13H19ClN2S/c14-13-2-1-11(17-13)3-6-15-12-5-8-16-7-4-10(12)9-16/h1-2,10,12,15H,3-9H2. The van der Waals surface area contributed by atoms with Crippen LogP contribution in [0.5, 0.6) is 0 Å². The van der Waals surface area contributed by atoms with E-state index in [1.54, 1.807) is 11.3 Å². The van der Waals surface area contributed by atoms with E-state index >= 15 is 0 Å². The summed E-state index contributed by atoms with van der Waals surface area (Å²) >= 11 is 7.64. The third kappa shape index (κ3) is 2.84. The van der Waals surface area contributed by atoms with Crippen molar-refractivity contribution in [3.63, 3.8) is 0 Å². The molecule has 2 nitrogen and oxygen atoms in total. The van der Waals surface area contributed by atoms with Gasteiger partial charge in [-0.05, 0) is 50.4 Å². The molecule has 17 heavy (non-hydrogen) atoms. The Kier molecular flexibility index (Phi) is 3.71. The molecule has 3 rings (SSSR count). The van der Waals surface area contributed by atoms with Crippen LogP contribution in [0.3, 0.4) is 0 Å². The Morgan fingerprint density at radius 1 is 1.35 bits per heavy atom. The van der Waals surface area contributed by atoms with Gasteiger partial charge in [0, 0.05) is 24.0 Å².